The Hall–Kier alpha value is -3.51. The van der Waals surface area contributed by atoms with Crippen LogP contribution in [0.2, 0.25) is 0 Å². The van der Waals surface area contributed by atoms with Crippen LogP contribution < -0.4 is 10.9 Å². The second kappa shape index (κ2) is 12.4. The summed E-state index contributed by atoms with van der Waals surface area (Å²) in [5.74, 6) is 5.91. The molecule has 0 saturated carbocycles. The molecule has 38 heavy (non-hydrogen) atoms. The Morgan fingerprint density at radius 1 is 1.16 bits per heavy atom. The first-order valence-corrected chi connectivity index (χ1v) is 12.8. The first-order valence-electron chi connectivity index (χ1n) is 12.8. The number of H-pyrrole nitrogens is 1. The number of aromatic amines is 1. The Morgan fingerprint density at radius 3 is 2.39 bits per heavy atom. The van der Waals surface area contributed by atoms with E-state index in [-0.39, 0.29) is 11.7 Å². The van der Waals surface area contributed by atoms with Crippen molar-refractivity contribution in [1.82, 2.24) is 20.2 Å². The highest BCUT2D eigenvalue weighted by Crippen LogP contribution is 2.24. The molecular weight excluding hydrogens is 483 g/mol. The molecule has 1 saturated heterocycles. The monoisotopic (exact) mass is 518 g/mol. The van der Waals surface area contributed by atoms with E-state index in [2.05, 4.69) is 44.2 Å². The summed E-state index contributed by atoms with van der Waals surface area (Å²) in [5.41, 5.74) is 3.09. The maximum absolute atomic E-state index is 13.4. The third kappa shape index (κ3) is 7.29. The summed E-state index contributed by atoms with van der Waals surface area (Å²) in [6, 6.07) is 16.2. The lowest BCUT2D eigenvalue weighted by Crippen LogP contribution is -2.50. The van der Waals surface area contributed by atoms with Crippen LogP contribution in [0.4, 0.5) is 4.39 Å². The minimum atomic E-state index is -0.690. The van der Waals surface area contributed by atoms with Gasteiger partial charge in [0.05, 0.1) is 18.1 Å². The number of hydrogen-bond acceptors (Lipinski definition) is 6. The van der Waals surface area contributed by atoms with Gasteiger partial charge in [0.2, 0.25) is 5.75 Å². The van der Waals surface area contributed by atoms with Crippen LogP contribution in [-0.4, -0.2) is 65.0 Å². The number of halogens is 1. The first-order chi connectivity index (χ1) is 18.3. The number of alkyl halides is 1. The molecule has 1 fully saturated rings. The molecule has 1 atom stereocenters. The average Bonchev–Trinajstić information content (AvgIpc) is 2.90. The summed E-state index contributed by atoms with van der Waals surface area (Å²) in [4.78, 5) is 20.7. The number of methoxy groups -OCH3 is 1. The van der Waals surface area contributed by atoms with Crippen molar-refractivity contribution >= 4 is 0 Å². The molecule has 0 bridgehead atoms. The van der Waals surface area contributed by atoms with Gasteiger partial charge < -0.3 is 20.1 Å². The molecule has 8 heteroatoms. The number of aromatic hydroxyl groups is 1. The van der Waals surface area contributed by atoms with Crippen LogP contribution in [0.1, 0.15) is 47.7 Å². The zero-order chi connectivity index (χ0) is 27.1. The Balaban J connectivity index is 1.43. The van der Waals surface area contributed by atoms with Gasteiger partial charge in [0.15, 0.2) is 0 Å². The third-order valence-corrected chi connectivity index (χ3v) is 6.86. The molecule has 4 rings (SSSR count). The molecule has 3 aromatic rings. The van der Waals surface area contributed by atoms with Crippen LogP contribution in [0.15, 0.2) is 59.7 Å². The summed E-state index contributed by atoms with van der Waals surface area (Å²) in [7, 11) is 1.76. The van der Waals surface area contributed by atoms with Gasteiger partial charge in [-0.25, -0.2) is 9.37 Å². The van der Waals surface area contributed by atoms with Crippen LogP contribution in [-0.2, 0) is 17.7 Å². The molecule has 1 aliphatic heterocycles. The van der Waals surface area contributed by atoms with Crippen LogP contribution in [0, 0.1) is 11.8 Å². The Kier molecular flexibility index (Phi) is 8.95. The van der Waals surface area contributed by atoms with Crippen molar-refractivity contribution in [3.8, 4) is 17.6 Å². The Bertz CT molecular complexity index is 1320. The van der Waals surface area contributed by atoms with Crippen molar-refractivity contribution in [2.45, 2.75) is 44.4 Å². The molecule has 200 valence electrons. The number of hydrogen-bond donors (Lipinski definition) is 3. The van der Waals surface area contributed by atoms with Crippen molar-refractivity contribution in [1.29, 1.82) is 0 Å². The molecule has 0 unspecified atom stereocenters. The SMILES string of the molecule is COC1CN(Cc2ccc(C#Cc3ccc([C@H](CNC(C)(C)CF)Cc4nc[nH]c(=O)c4O)cc3)cc2)C1. The highest BCUT2D eigenvalue weighted by molar-refractivity contribution is 5.44. The molecule has 3 N–H and O–H groups in total. The lowest BCUT2D eigenvalue weighted by atomic mass is 9.92. The maximum atomic E-state index is 13.4. The molecule has 0 aliphatic carbocycles. The normalized spacial score (nSPS) is 14.9. The molecule has 2 aromatic carbocycles. The van der Waals surface area contributed by atoms with E-state index < -0.39 is 17.8 Å². The van der Waals surface area contributed by atoms with E-state index in [9.17, 15) is 14.3 Å². The fourth-order valence-corrected chi connectivity index (χ4v) is 4.30. The second-order valence-electron chi connectivity index (χ2n) is 10.4. The van der Waals surface area contributed by atoms with E-state index >= 15 is 0 Å². The molecule has 2 heterocycles. The predicted molar refractivity (Wildman–Crippen MR) is 146 cm³/mol. The zero-order valence-electron chi connectivity index (χ0n) is 22.1. The maximum Gasteiger partial charge on any atom is 0.293 e. The van der Waals surface area contributed by atoms with E-state index in [1.807, 2.05) is 36.4 Å². The van der Waals surface area contributed by atoms with Gasteiger partial charge in [-0.1, -0.05) is 36.1 Å². The largest absolute Gasteiger partial charge is 0.502 e. The second-order valence-corrected chi connectivity index (χ2v) is 10.4. The molecule has 0 radical (unpaired) electrons. The van der Waals surface area contributed by atoms with E-state index in [1.165, 1.54) is 11.9 Å². The van der Waals surface area contributed by atoms with Crippen molar-refractivity contribution in [3.63, 3.8) is 0 Å². The van der Waals surface area contributed by atoms with Crippen LogP contribution in [0.5, 0.6) is 5.75 Å². The summed E-state index contributed by atoms with van der Waals surface area (Å²) in [5, 5.41) is 13.4. The third-order valence-electron chi connectivity index (χ3n) is 6.86. The lowest BCUT2D eigenvalue weighted by Gasteiger charge is -2.38. The fraction of sp³-hybridized carbons (Fsp3) is 0.400. The molecular formula is C30H35FN4O3. The number of aromatic nitrogens is 2. The van der Waals surface area contributed by atoms with Gasteiger partial charge >= 0.3 is 0 Å². The number of rotatable bonds is 10. The highest BCUT2D eigenvalue weighted by atomic mass is 19.1. The summed E-state index contributed by atoms with van der Waals surface area (Å²) in [6.45, 7) is 6.37. The number of nitrogens with one attached hydrogen (secondary N) is 2. The molecule has 1 aromatic heterocycles. The van der Waals surface area contributed by atoms with E-state index in [1.54, 1.807) is 21.0 Å². The van der Waals surface area contributed by atoms with Crippen molar-refractivity contribution in [2.24, 2.45) is 0 Å². The van der Waals surface area contributed by atoms with Gasteiger partial charge in [-0.05, 0) is 49.2 Å². The van der Waals surface area contributed by atoms with Gasteiger partial charge in [0.25, 0.3) is 5.56 Å². The van der Waals surface area contributed by atoms with E-state index in [0.29, 0.717) is 24.8 Å². The van der Waals surface area contributed by atoms with Crippen molar-refractivity contribution in [3.05, 3.63) is 93.2 Å². The van der Waals surface area contributed by atoms with Gasteiger partial charge in [0, 0.05) is 62.3 Å². The van der Waals surface area contributed by atoms with Crippen LogP contribution >= 0.6 is 0 Å². The summed E-state index contributed by atoms with van der Waals surface area (Å²) in [6.07, 6.45) is 1.96. The smallest absolute Gasteiger partial charge is 0.293 e. The summed E-state index contributed by atoms with van der Waals surface area (Å²) < 4.78 is 18.7. The Morgan fingerprint density at radius 2 is 1.79 bits per heavy atom. The minimum absolute atomic E-state index is 0.138. The van der Waals surface area contributed by atoms with E-state index in [0.717, 1.165) is 36.3 Å². The number of nitrogens with zero attached hydrogens (tertiary/aromatic N) is 2. The predicted octanol–water partition coefficient (Wildman–Crippen LogP) is 3.37. The summed E-state index contributed by atoms with van der Waals surface area (Å²) >= 11 is 0. The van der Waals surface area contributed by atoms with Crippen LogP contribution in [0.25, 0.3) is 0 Å². The quantitative estimate of drug-likeness (QED) is 0.357. The van der Waals surface area contributed by atoms with Crippen LogP contribution in [0.3, 0.4) is 0 Å². The van der Waals surface area contributed by atoms with Gasteiger partial charge in [-0.15, -0.1) is 0 Å². The Labute approximate surface area is 223 Å². The topological polar surface area (TPSA) is 90.5 Å². The van der Waals surface area contributed by atoms with Gasteiger partial charge in [0.1, 0.15) is 6.67 Å². The number of ether oxygens (including phenoxy) is 1. The molecule has 1 aliphatic rings. The average molecular weight is 519 g/mol. The number of likely N-dealkylation sites (tertiary alicyclic amines) is 1. The first kappa shape index (κ1) is 27.5. The lowest BCUT2D eigenvalue weighted by molar-refractivity contribution is -0.0333. The fourth-order valence-electron chi connectivity index (χ4n) is 4.30. The minimum Gasteiger partial charge on any atom is -0.502 e. The van der Waals surface area contributed by atoms with Gasteiger partial charge in [-0.2, -0.15) is 0 Å². The molecule has 0 spiro atoms. The zero-order valence-corrected chi connectivity index (χ0v) is 22.1. The van der Waals surface area contributed by atoms with E-state index in [4.69, 9.17) is 4.74 Å². The van der Waals surface area contributed by atoms with Crippen molar-refractivity contribution in [2.75, 3.05) is 33.4 Å². The molecule has 7 nitrogen and oxygen atoms in total. The van der Waals surface area contributed by atoms with Crippen molar-refractivity contribution < 1.29 is 14.2 Å². The molecule has 0 amide bonds. The highest BCUT2D eigenvalue weighted by Gasteiger charge is 2.26. The van der Waals surface area contributed by atoms with Gasteiger partial charge in [-0.3, -0.25) is 9.69 Å². The standard InChI is InChI=1S/C30H35FN4O3/c1-30(2,19-31)34-15-25(14-27-28(36)29(37)33-20-32-27)24-12-10-22(11-13-24)5-4-21-6-8-23(9-7-21)16-35-17-26(18-35)38-3/h6-13,20,25-26,34,36H,14-19H2,1-3H3,(H,32,33,37)/t25-/m0/s1. The number of benzene rings is 2.